The highest BCUT2D eigenvalue weighted by atomic mass is 16.4. The zero-order valence-corrected chi connectivity index (χ0v) is 12.4. The molecule has 0 fully saturated rings. The first-order valence-corrected chi connectivity index (χ1v) is 6.57. The summed E-state index contributed by atoms with van der Waals surface area (Å²) in [5.74, 6) is -0.975. The summed E-state index contributed by atoms with van der Waals surface area (Å²) in [5, 5.41) is 9.24. The van der Waals surface area contributed by atoms with E-state index < -0.39 is 5.97 Å². The summed E-state index contributed by atoms with van der Waals surface area (Å²) >= 11 is 0. The topological polar surface area (TPSA) is 53.4 Å². The van der Waals surface area contributed by atoms with Gasteiger partial charge >= 0.3 is 5.97 Å². The molecule has 4 nitrogen and oxygen atoms in total. The van der Waals surface area contributed by atoms with E-state index in [-0.39, 0.29) is 5.57 Å². The molecule has 1 aromatic heterocycles. The summed E-state index contributed by atoms with van der Waals surface area (Å²) in [4.78, 5) is 17.3. The van der Waals surface area contributed by atoms with Crippen LogP contribution in [0.1, 0.15) is 12.1 Å². The van der Waals surface area contributed by atoms with Crippen LogP contribution in [0.2, 0.25) is 0 Å². The van der Waals surface area contributed by atoms with Gasteiger partial charge in [-0.25, -0.2) is 4.79 Å². The fourth-order valence-electron chi connectivity index (χ4n) is 1.67. The molecule has 110 valence electrons. The van der Waals surface area contributed by atoms with Crippen LogP contribution in [0, 0.1) is 0 Å². The number of likely N-dealkylation sites (N-methyl/N-ethyl adjacent to an activating group) is 1. The van der Waals surface area contributed by atoms with Crippen LogP contribution in [-0.4, -0.2) is 35.1 Å². The Labute approximate surface area is 125 Å². The number of nitrogens with zero attached hydrogens (tertiary/aromatic N) is 2. The van der Waals surface area contributed by atoms with Gasteiger partial charge in [0.25, 0.3) is 0 Å². The second kappa shape index (κ2) is 8.53. The van der Waals surface area contributed by atoms with Crippen molar-refractivity contribution in [2.45, 2.75) is 6.42 Å². The van der Waals surface area contributed by atoms with Crippen molar-refractivity contribution in [3.05, 3.63) is 72.7 Å². The third kappa shape index (κ3) is 5.48. The summed E-state index contributed by atoms with van der Waals surface area (Å²) in [6, 6.07) is 5.21. The van der Waals surface area contributed by atoms with Gasteiger partial charge in [-0.05, 0) is 30.7 Å². The van der Waals surface area contributed by atoms with Gasteiger partial charge in [0.15, 0.2) is 0 Å². The molecule has 0 radical (unpaired) electrons. The molecule has 21 heavy (non-hydrogen) atoms. The molecule has 0 spiro atoms. The van der Waals surface area contributed by atoms with Crippen molar-refractivity contribution < 1.29 is 9.90 Å². The van der Waals surface area contributed by atoms with Gasteiger partial charge in [-0.1, -0.05) is 30.9 Å². The molecule has 0 aliphatic rings. The second-order valence-corrected chi connectivity index (χ2v) is 4.50. The summed E-state index contributed by atoms with van der Waals surface area (Å²) < 4.78 is 0. The molecular weight excluding hydrogens is 264 g/mol. The monoisotopic (exact) mass is 284 g/mol. The van der Waals surface area contributed by atoms with E-state index in [0.29, 0.717) is 12.1 Å². The minimum atomic E-state index is -0.975. The van der Waals surface area contributed by atoms with Crippen LogP contribution in [0.5, 0.6) is 0 Å². The van der Waals surface area contributed by atoms with Crippen molar-refractivity contribution in [2.24, 2.45) is 0 Å². The molecule has 0 aliphatic heterocycles. The lowest BCUT2D eigenvalue weighted by molar-refractivity contribution is -0.130. The molecule has 0 bridgehead atoms. The fourth-order valence-corrected chi connectivity index (χ4v) is 1.67. The van der Waals surface area contributed by atoms with E-state index in [4.69, 9.17) is 0 Å². The van der Waals surface area contributed by atoms with Crippen LogP contribution >= 0.6 is 0 Å². The molecule has 0 aliphatic carbocycles. The Kier molecular flexibility index (Phi) is 6.68. The number of hydrogen-bond acceptors (Lipinski definition) is 3. The van der Waals surface area contributed by atoms with E-state index in [1.165, 1.54) is 0 Å². The number of aliphatic carboxylic acids is 1. The highest BCUT2D eigenvalue weighted by Crippen LogP contribution is 2.13. The molecule has 0 saturated carbocycles. The van der Waals surface area contributed by atoms with Crippen molar-refractivity contribution in [1.82, 2.24) is 9.88 Å². The van der Waals surface area contributed by atoms with Crippen LogP contribution in [0.3, 0.4) is 0 Å². The highest BCUT2D eigenvalue weighted by molar-refractivity contribution is 6.14. The average Bonchev–Trinajstić information content (AvgIpc) is 2.46. The van der Waals surface area contributed by atoms with Crippen LogP contribution in [-0.2, 0) is 4.79 Å². The van der Waals surface area contributed by atoms with Gasteiger partial charge in [0, 0.05) is 26.0 Å². The lowest BCUT2D eigenvalue weighted by atomic mass is 10.1. The van der Waals surface area contributed by atoms with Gasteiger partial charge in [0.2, 0.25) is 0 Å². The number of aromatic nitrogens is 1. The molecule has 1 aromatic rings. The lowest BCUT2D eigenvalue weighted by Gasteiger charge is -2.12. The molecule has 0 aromatic carbocycles. The van der Waals surface area contributed by atoms with Crippen LogP contribution < -0.4 is 0 Å². The number of carboxylic acid groups (broad SMARTS) is 1. The van der Waals surface area contributed by atoms with E-state index >= 15 is 0 Å². The van der Waals surface area contributed by atoms with Crippen LogP contribution in [0.25, 0.3) is 5.57 Å². The lowest BCUT2D eigenvalue weighted by Crippen LogP contribution is -2.08. The van der Waals surface area contributed by atoms with Crippen molar-refractivity contribution >= 4 is 11.5 Å². The van der Waals surface area contributed by atoms with Gasteiger partial charge in [-0.3, -0.25) is 4.98 Å². The van der Waals surface area contributed by atoms with Crippen molar-refractivity contribution in [3.63, 3.8) is 0 Å². The first kappa shape index (κ1) is 16.4. The predicted octanol–water partition coefficient (Wildman–Crippen LogP) is 3.13. The number of pyridine rings is 1. The Morgan fingerprint density at radius 1 is 1.43 bits per heavy atom. The molecular formula is C17H20N2O2. The molecule has 0 unspecified atom stereocenters. The average molecular weight is 284 g/mol. The SMILES string of the molecule is C=C/C=C(\C=C/C/C=C(/C(=O)O)c1ccccn1)N(C)C. The van der Waals surface area contributed by atoms with Gasteiger partial charge < -0.3 is 10.0 Å². The molecule has 4 heteroatoms. The van der Waals surface area contributed by atoms with Crippen molar-refractivity contribution in [1.29, 1.82) is 0 Å². The third-order valence-corrected chi connectivity index (χ3v) is 2.72. The van der Waals surface area contributed by atoms with Crippen molar-refractivity contribution in [3.8, 4) is 0 Å². The summed E-state index contributed by atoms with van der Waals surface area (Å²) in [6.45, 7) is 3.67. The number of carboxylic acids is 1. The molecule has 1 N–H and O–H groups in total. The van der Waals surface area contributed by atoms with Gasteiger partial charge in [-0.15, -0.1) is 0 Å². The van der Waals surface area contributed by atoms with Gasteiger partial charge in [0.05, 0.1) is 11.3 Å². The van der Waals surface area contributed by atoms with Gasteiger partial charge in [0.1, 0.15) is 0 Å². The molecule has 1 heterocycles. The van der Waals surface area contributed by atoms with Crippen LogP contribution in [0.15, 0.2) is 67.1 Å². The number of hydrogen-bond donors (Lipinski definition) is 1. The maximum atomic E-state index is 11.3. The Morgan fingerprint density at radius 2 is 2.19 bits per heavy atom. The minimum Gasteiger partial charge on any atom is -0.478 e. The highest BCUT2D eigenvalue weighted by Gasteiger charge is 2.09. The van der Waals surface area contributed by atoms with Gasteiger partial charge in [-0.2, -0.15) is 0 Å². The summed E-state index contributed by atoms with van der Waals surface area (Å²) in [6.07, 6.45) is 11.2. The zero-order valence-electron chi connectivity index (χ0n) is 12.4. The summed E-state index contributed by atoms with van der Waals surface area (Å²) in [7, 11) is 3.87. The van der Waals surface area contributed by atoms with E-state index in [9.17, 15) is 9.90 Å². The number of carbonyl (C=O) groups is 1. The Bertz CT molecular complexity index is 570. The normalized spacial score (nSPS) is 12.5. The van der Waals surface area contributed by atoms with E-state index in [1.807, 2.05) is 37.2 Å². The van der Waals surface area contributed by atoms with E-state index in [0.717, 1.165) is 5.70 Å². The molecule has 0 amide bonds. The smallest absolute Gasteiger partial charge is 0.337 e. The first-order valence-electron chi connectivity index (χ1n) is 6.57. The predicted molar refractivity (Wildman–Crippen MR) is 85.6 cm³/mol. The standard InChI is InChI=1S/C17H20N2O2/c1-4-9-14(19(2)3)10-5-6-11-15(17(20)21)16-12-7-8-13-18-16/h4-5,7-13H,1,6H2,2-3H3,(H,20,21)/b10-5-,14-9+,15-11+. The fraction of sp³-hybridized carbons (Fsp3) is 0.176. The Morgan fingerprint density at radius 3 is 2.71 bits per heavy atom. The maximum Gasteiger partial charge on any atom is 0.337 e. The zero-order chi connectivity index (χ0) is 15.7. The third-order valence-electron chi connectivity index (χ3n) is 2.72. The maximum absolute atomic E-state index is 11.3. The number of allylic oxidation sites excluding steroid dienone is 5. The second-order valence-electron chi connectivity index (χ2n) is 4.50. The minimum absolute atomic E-state index is 0.208. The van der Waals surface area contributed by atoms with E-state index in [1.54, 1.807) is 36.5 Å². The molecule has 1 rings (SSSR count). The van der Waals surface area contributed by atoms with Crippen molar-refractivity contribution in [2.75, 3.05) is 14.1 Å². The number of rotatable bonds is 7. The Balaban J connectivity index is 2.84. The largest absolute Gasteiger partial charge is 0.478 e. The van der Waals surface area contributed by atoms with Crippen LogP contribution in [0.4, 0.5) is 0 Å². The quantitative estimate of drug-likeness (QED) is 0.617. The summed E-state index contributed by atoms with van der Waals surface area (Å²) in [5.41, 5.74) is 1.67. The Hall–Kier alpha value is -2.62. The molecule has 0 atom stereocenters. The van der Waals surface area contributed by atoms with E-state index in [2.05, 4.69) is 11.6 Å². The first-order chi connectivity index (χ1) is 10.1. The molecule has 0 saturated heterocycles.